The normalized spacial score (nSPS) is 14.3. The minimum Gasteiger partial charge on any atom is -0.480 e. The van der Waals surface area contributed by atoms with Gasteiger partial charge in [-0.25, -0.2) is 15.0 Å². The molecule has 11 heteroatoms. The second kappa shape index (κ2) is 9.82. The van der Waals surface area contributed by atoms with Gasteiger partial charge in [-0.05, 0) is 25.5 Å². The number of carbonyl (C=O) groups is 2. The van der Waals surface area contributed by atoms with Crippen molar-refractivity contribution in [2.75, 3.05) is 42.9 Å². The summed E-state index contributed by atoms with van der Waals surface area (Å²) in [6.07, 6.45) is 1.54. The van der Waals surface area contributed by atoms with Gasteiger partial charge < -0.3 is 15.3 Å². The summed E-state index contributed by atoms with van der Waals surface area (Å²) in [7, 11) is 0. The molecule has 0 atom stereocenters. The highest BCUT2D eigenvalue weighted by Gasteiger charge is 2.21. The van der Waals surface area contributed by atoms with Gasteiger partial charge in [0.1, 0.15) is 17.5 Å². The molecule has 1 aliphatic rings. The van der Waals surface area contributed by atoms with Gasteiger partial charge in [0, 0.05) is 37.8 Å². The predicted molar refractivity (Wildman–Crippen MR) is 128 cm³/mol. The third kappa shape index (κ3) is 5.47. The SMILES string of the molecule is Cc1nc(Nc2ncc(C(=O)c3c(C)cccc3Cl)s2)cc(N2CCN(CC(=O)O)CC2)n1. The summed E-state index contributed by atoms with van der Waals surface area (Å²) in [6, 6.07) is 7.21. The quantitative estimate of drug-likeness (QED) is 0.485. The molecule has 3 aromatic rings. The Morgan fingerprint density at radius 2 is 1.94 bits per heavy atom. The zero-order valence-electron chi connectivity index (χ0n) is 18.2. The Morgan fingerprint density at radius 1 is 1.18 bits per heavy atom. The first kappa shape index (κ1) is 23.1. The molecule has 2 aromatic heterocycles. The molecule has 0 bridgehead atoms. The van der Waals surface area contributed by atoms with E-state index < -0.39 is 5.97 Å². The average molecular weight is 487 g/mol. The molecule has 3 heterocycles. The molecule has 0 aliphatic carbocycles. The summed E-state index contributed by atoms with van der Waals surface area (Å²) in [4.78, 5) is 41.7. The van der Waals surface area contributed by atoms with Crippen LogP contribution in [0.15, 0.2) is 30.5 Å². The van der Waals surface area contributed by atoms with Gasteiger partial charge >= 0.3 is 5.97 Å². The number of hydrogen-bond acceptors (Lipinski definition) is 9. The minimum atomic E-state index is -0.821. The number of carboxylic acids is 1. The third-order valence-electron chi connectivity index (χ3n) is 5.29. The second-order valence-corrected chi connectivity index (χ2v) is 9.17. The molecule has 1 fully saturated rings. The number of carboxylic acid groups (broad SMARTS) is 1. The Bertz CT molecular complexity index is 1170. The van der Waals surface area contributed by atoms with Crippen LogP contribution >= 0.6 is 22.9 Å². The Morgan fingerprint density at radius 3 is 2.64 bits per heavy atom. The van der Waals surface area contributed by atoms with Gasteiger partial charge in [-0.3, -0.25) is 14.5 Å². The molecule has 0 radical (unpaired) electrons. The van der Waals surface area contributed by atoms with Crippen molar-refractivity contribution in [2.24, 2.45) is 0 Å². The fourth-order valence-corrected chi connectivity index (χ4v) is 4.77. The van der Waals surface area contributed by atoms with E-state index in [0.29, 0.717) is 58.4 Å². The number of rotatable bonds is 7. The van der Waals surface area contributed by atoms with Crippen LogP contribution in [0, 0.1) is 13.8 Å². The fraction of sp³-hybridized carbons (Fsp3) is 0.318. The zero-order chi connectivity index (χ0) is 23.5. The van der Waals surface area contributed by atoms with Crippen molar-refractivity contribution in [1.29, 1.82) is 0 Å². The van der Waals surface area contributed by atoms with E-state index in [9.17, 15) is 9.59 Å². The molecule has 172 valence electrons. The number of halogens is 1. The standard InChI is InChI=1S/C22H23ClN6O3S/c1-13-4-3-5-15(23)20(13)21(32)16-11-24-22(33-16)27-17-10-18(26-14(2)25-17)29-8-6-28(7-9-29)12-19(30)31/h3-5,10-11H,6-9,12H2,1-2H3,(H,30,31)(H,24,25,26,27). The molecule has 0 saturated carbocycles. The number of aromatic nitrogens is 3. The highest BCUT2D eigenvalue weighted by Crippen LogP contribution is 2.29. The third-order valence-corrected chi connectivity index (χ3v) is 6.52. The van der Waals surface area contributed by atoms with E-state index in [2.05, 4.69) is 25.2 Å². The number of aryl methyl sites for hydroxylation is 2. The predicted octanol–water partition coefficient (Wildman–Crippen LogP) is 3.38. The molecule has 33 heavy (non-hydrogen) atoms. The van der Waals surface area contributed by atoms with Crippen molar-refractivity contribution in [3.8, 4) is 0 Å². The molecular weight excluding hydrogens is 464 g/mol. The van der Waals surface area contributed by atoms with E-state index in [1.165, 1.54) is 17.5 Å². The summed E-state index contributed by atoms with van der Waals surface area (Å²) in [5, 5.41) is 13.1. The lowest BCUT2D eigenvalue weighted by Gasteiger charge is -2.34. The zero-order valence-corrected chi connectivity index (χ0v) is 19.8. The van der Waals surface area contributed by atoms with Gasteiger partial charge in [-0.15, -0.1) is 0 Å². The summed E-state index contributed by atoms with van der Waals surface area (Å²) in [5.74, 6) is 0.955. The first-order valence-electron chi connectivity index (χ1n) is 10.4. The lowest BCUT2D eigenvalue weighted by Crippen LogP contribution is -2.48. The van der Waals surface area contributed by atoms with Crippen molar-refractivity contribution < 1.29 is 14.7 Å². The van der Waals surface area contributed by atoms with Gasteiger partial charge in [0.05, 0.1) is 22.6 Å². The molecule has 1 saturated heterocycles. The molecule has 9 nitrogen and oxygen atoms in total. The molecule has 1 aromatic carbocycles. The van der Waals surface area contributed by atoms with Gasteiger partial charge in [-0.2, -0.15) is 0 Å². The Labute approximate surface area is 200 Å². The number of piperazine rings is 1. The van der Waals surface area contributed by atoms with Crippen LogP contribution in [-0.4, -0.2) is 69.4 Å². The van der Waals surface area contributed by atoms with E-state index in [1.54, 1.807) is 6.07 Å². The van der Waals surface area contributed by atoms with Crippen molar-refractivity contribution in [3.63, 3.8) is 0 Å². The maximum absolute atomic E-state index is 12.9. The van der Waals surface area contributed by atoms with Gasteiger partial charge in [0.2, 0.25) is 5.78 Å². The first-order chi connectivity index (χ1) is 15.8. The number of thiazole rings is 1. The highest BCUT2D eigenvalue weighted by atomic mass is 35.5. The van der Waals surface area contributed by atoms with Crippen LogP contribution in [0.2, 0.25) is 5.02 Å². The minimum absolute atomic E-state index is 0.0439. The maximum atomic E-state index is 12.9. The molecule has 2 N–H and O–H groups in total. The average Bonchev–Trinajstić information content (AvgIpc) is 3.21. The fourth-order valence-electron chi connectivity index (χ4n) is 3.69. The molecule has 4 rings (SSSR count). The number of nitrogens with one attached hydrogen (secondary N) is 1. The van der Waals surface area contributed by atoms with Crippen LogP contribution in [-0.2, 0) is 4.79 Å². The molecule has 1 aliphatic heterocycles. The smallest absolute Gasteiger partial charge is 0.317 e. The van der Waals surface area contributed by atoms with Crippen molar-refractivity contribution in [1.82, 2.24) is 19.9 Å². The van der Waals surface area contributed by atoms with Gasteiger partial charge in [0.15, 0.2) is 5.13 Å². The highest BCUT2D eigenvalue weighted by molar-refractivity contribution is 7.17. The maximum Gasteiger partial charge on any atom is 0.317 e. The number of aliphatic carboxylic acids is 1. The monoisotopic (exact) mass is 486 g/mol. The lowest BCUT2D eigenvalue weighted by atomic mass is 10.0. The number of ketones is 1. The van der Waals surface area contributed by atoms with E-state index in [1.807, 2.05) is 36.9 Å². The molecular formula is C22H23ClN6O3S. The summed E-state index contributed by atoms with van der Waals surface area (Å²) in [5.41, 5.74) is 1.30. The second-order valence-electron chi connectivity index (χ2n) is 7.73. The summed E-state index contributed by atoms with van der Waals surface area (Å²) in [6.45, 7) is 6.36. The van der Waals surface area contributed by atoms with Crippen LogP contribution in [0.3, 0.4) is 0 Å². The van der Waals surface area contributed by atoms with E-state index in [-0.39, 0.29) is 12.3 Å². The Kier molecular flexibility index (Phi) is 6.87. The van der Waals surface area contributed by atoms with Crippen LogP contribution in [0.4, 0.5) is 16.8 Å². The van der Waals surface area contributed by atoms with Crippen molar-refractivity contribution in [3.05, 3.63) is 57.3 Å². The van der Waals surface area contributed by atoms with Gasteiger partial charge in [0.25, 0.3) is 0 Å². The summed E-state index contributed by atoms with van der Waals surface area (Å²) >= 11 is 7.48. The number of benzene rings is 1. The Balaban J connectivity index is 1.47. The largest absolute Gasteiger partial charge is 0.480 e. The topological polar surface area (TPSA) is 112 Å². The van der Waals surface area contributed by atoms with Crippen LogP contribution in [0.1, 0.15) is 26.6 Å². The van der Waals surface area contributed by atoms with Gasteiger partial charge in [-0.1, -0.05) is 35.1 Å². The number of carbonyl (C=O) groups excluding carboxylic acids is 1. The van der Waals surface area contributed by atoms with Crippen LogP contribution in [0.25, 0.3) is 0 Å². The number of hydrogen-bond donors (Lipinski definition) is 2. The summed E-state index contributed by atoms with van der Waals surface area (Å²) < 4.78 is 0. The van der Waals surface area contributed by atoms with E-state index >= 15 is 0 Å². The van der Waals surface area contributed by atoms with Crippen molar-refractivity contribution >= 4 is 51.5 Å². The molecule has 0 amide bonds. The van der Waals surface area contributed by atoms with Crippen molar-refractivity contribution in [2.45, 2.75) is 13.8 Å². The van der Waals surface area contributed by atoms with E-state index in [4.69, 9.17) is 16.7 Å². The van der Waals surface area contributed by atoms with E-state index in [0.717, 1.165) is 11.4 Å². The first-order valence-corrected chi connectivity index (χ1v) is 11.6. The van der Waals surface area contributed by atoms with Crippen LogP contribution in [0.5, 0.6) is 0 Å². The number of anilines is 3. The lowest BCUT2D eigenvalue weighted by molar-refractivity contribution is -0.138. The molecule has 0 spiro atoms. The number of nitrogens with zero attached hydrogens (tertiary/aromatic N) is 5. The Hall–Kier alpha value is -3.08. The molecule has 0 unspecified atom stereocenters. The van der Waals surface area contributed by atoms with Crippen LogP contribution < -0.4 is 10.2 Å².